The molecule has 0 saturated heterocycles. The molecule has 2 aromatic heterocycles. The van der Waals surface area contributed by atoms with Crippen LogP contribution in [0.4, 0.5) is 0 Å². The summed E-state index contributed by atoms with van der Waals surface area (Å²) in [6.45, 7) is 3.52. The minimum absolute atomic E-state index is 0.0300. The first-order valence-electron chi connectivity index (χ1n) is 4.67. The topological polar surface area (TPSA) is 42.9 Å². The average molecular weight is 198 g/mol. The molecule has 0 amide bonds. The maximum atomic E-state index is 11.5. The molecule has 0 N–H and O–H groups in total. The van der Waals surface area contributed by atoms with Crippen LogP contribution >= 0.6 is 0 Å². The molecule has 0 atom stereocenters. The number of fused-ring (bicyclic) bond motifs is 1. The van der Waals surface area contributed by atoms with Gasteiger partial charge in [0.15, 0.2) is 11.4 Å². The number of Topliss-reactive ketones (excluding diaryl/α,β-unsaturated/α-hetero) is 1. The van der Waals surface area contributed by atoms with E-state index in [1.807, 2.05) is 18.2 Å². The van der Waals surface area contributed by atoms with E-state index in [-0.39, 0.29) is 5.78 Å². The van der Waals surface area contributed by atoms with Crippen molar-refractivity contribution in [2.75, 3.05) is 0 Å². The smallest absolute Gasteiger partial charge is 0.184 e. The quantitative estimate of drug-likeness (QED) is 0.561. The predicted molar refractivity (Wildman–Crippen MR) is 58.7 cm³/mol. The highest BCUT2D eigenvalue weighted by molar-refractivity contribution is 5.96. The Hall–Kier alpha value is -2.03. The summed E-state index contributed by atoms with van der Waals surface area (Å²) < 4.78 is 0. The second kappa shape index (κ2) is 4.00. The molecule has 0 unspecified atom stereocenters. The zero-order chi connectivity index (χ0) is 10.7. The third kappa shape index (κ3) is 1.91. The summed E-state index contributed by atoms with van der Waals surface area (Å²) in [4.78, 5) is 19.8. The van der Waals surface area contributed by atoms with Crippen molar-refractivity contribution in [3.05, 3.63) is 48.8 Å². The molecule has 0 bridgehead atoms. The number of aromatic nitrogens is 2. The Labute approximate surface area is 87.5 Å². The average Bonchev–Trinajstić information content (AvgIpc) is 2.29. The van der Waals surface area contributed by atoms with Crippen molar-refractivity contribution in [3.8, 4) is 0 Å². The van der Waals surface area contributed by atoms with Crippen LogP contribution in [-0.4, -0.2) is 15.8 Å². The summed E-state index contributed by atoms with van der Waals surface area (Å²) in [7, 11) is 0. The van der Waals surface area contributed by atoms with Crippen molar-refractivity contribution < 1.29 is 4.79 Å². The molecule has 0 aromatic carbocycles. The van der Waals surface area contributed by atoms with Gasteiger partial charge < -0.3 is 0 Å². The third-order valence-corrected chi connectivity index (χ3v) is 2.08. The van der Waals surface area contributed by atoms with Gasteiger partial charge in [-0.25, -0.2) is 9.97 Å². The molecule has 0 radical (unpaired) electrons. The molecule has 3 nitrogen and oxygen atoms in total. The summed E-state index contributed by atoms with van der Waals surface area (Å²) in [5.41, 5.74) is 1.05. The summed E-state index contributed by atoms with van der Waals surface area (Å²) in [6.07, 6.45) is 3.55. The fourth-order valence-corrected chi connectivity index (χ4v) is 1.34. The second-order valence-electron chi connectivity index (χ2n) is 3.16. The van der Waals surface area contributed by atoms with Gasteiger partial charge in [0, 0.05) is 18.0 Å². The first kappa shape index (κ1) is 9.52. The third-order valence-electron chi connectivity index (χ3n) is 2.08. The Morgan fingerprint density at radius 1 is 1.40 bits per heavy atom. The van der Waals surface area contributed by atoms with Crippen molar-refractivity contribution in [2.45, 2.75) is 6.42 Å². The summed E-state index contributed by atoms with van der Waals surface area (Å²) in [5.74, 6) is -0.0300. The summed E-state index contributed by atoms with van der Waals surface area (Å²) >= 11 is 0. The lowest BCUT2D eigenvalue weighted by Gasteiger charge is -1.99. The fraction of sp³-hybridized carbons (Fsp3) is 0.0833. The highest BCUT2D eigenvalue weighted by atomic mass is 16.1. The van der Waals surface area contributed by atoms with Gasteiger partial charge in [0.05, 0.1) is 0 Å². The van der Waals surface area contributed by atoms with Crippen molar-refractivity contribution >= 4 is 16.8 Å². The van der Waals surface area contributed by atoms with E-state index < -0.39 is 0 Å². The monoisotopic (exact) mass is 198 g/mol. The first-order chi connectivity index (χ1) is 7.31. The van der Waals surface area contributed by atoms with Gasteiger partial charge in [-0.05, 0) is 24.3 Å². The van der Waals surface area contributed by atoms with E-state index in [0.717, 1.165) is 5.39 Å². The standard InChI is InChI=1S/C12H10N2O/c1-2-4-11(15)10-7-6-9-5-3-8-13-12(9)14-10/h2-3,5-8H,1,4H2. The molecular weight excluding hydrogens is 188 g/mol. The lowest BCUT2D eigenvalue weighted by molar-refractivity contribution is 0.0991. The van der Waals surface area contributed by atoms with Crippen molar-refractivity contribution in [1.29, 1.82) is 0 Å². The van der Waals surface area contributed by atoms with E-state index in [9.17, 15) is 4.79 Å². The number of allylic oxidation sites excluding steroid dienone is 1. The molecule has 0 saturated carbocycles. The van der Waals surface area contributed by atoms with E-state index in [2.05, 4.69) is 16.5 Å². The lowest BCUT2D eigenvalue weighted by atomic mass is 10.2. The molecule has 0 aliphatic heterocycles. The number of hydrogen-bond donors (Lipinski definition) is 0. The van der Waals surface area contributed by atoms with E-state index in [4.69, 9.17) is 0 Å². The van der Waals surface area contributed by atoms with Gasteiger partial charge in [0.2, 0.25) is 0 Å². The normalized spacial score (nSPS) is 10.1. The molecule has 0 fully saturated rings. The van der Waals surface area contributed by atoms with Gasteiger partial charge in [-0.3, -0.25) is 4.79 Å². The highest BCUT2D eigenvalue weighted by Gasteiger charge is 2.06. The Morgan fingerprint density at radius 2 is 2.27 bits per heavy atom. The second-order valence-corrected chi connectivity index (χ2v) is 3.16. The molecule has 0 spiro atoms. The summed E-state index contributed by atoms with van der Waals surface area (Å²) in [6, 6.07) is 7.33. The Bertz CT molecular complexity index is 520. The highest BCUT2D eigenvalue weighted by Crippen LogP contribution is 2.10. The molecule has 2 heterocycles. The molecule has 2 rings (SSSR count). The molecule has 3 heteroatoms. The van der Waals surface area contributed by atoms with Gasteiger partial charge in [-0.15, -0.1) is 6.58 Å². The number of hydrogen-bond acceptors (Lipinski definition) is 3. The minimum Gasteiger partial charge on any atom is -0.292 e. The molecular formula is C12H10N2O. The Morgan fingerprint density at radius 3 is 3.07 bits per heavy atom. The van der Waals surface area contributed by atoms with Crippen LogP contribution < -0.4 is 0 Å². The van der Waals surface area contributed by atoms with Crippen LogP contribution in [0.15, 0.2) is 43.1 Å². The molecule has 74 valence electrons. The van der Waals surface area contributed by atoms with Gasteiger partial charge in [0.1, 0.15) is 5.69 Å². The van der Waals surface area contributed by atoms with Gasteiger partial charge >= 0.3 is 0 Å². The summed E-state index contributed by atoms with van der Waals surface area (Å²) in [5, 5.41) is 0.938. The SMILES string of the molecule is C=CCC(=O)c1ccc2cccnc2n1. The van der Waals surface area contributed by atoms with E-state index in [0.29, 0.717) is 17.8 Å². The van der Waals surface area contributed by atoms with Crippen LogP contribution in [-0.2, 0) is 0 Å². The number of carbonyl (C=O) groups is 1. The van der Waals surface area contributed by atoms with Crippen LogP contribution in [0.1, 0.15) is 16.9 Å². The van der Waals surface area contributed by atoms with Crippen molar-refractivity contribution in [2.24, 2.45) is 0 Å². The molecule has 15 heavy (non-hydrogen) atoms. The first-order valence-corrected chi connectivity index (χ1v) is 4.67. The van der Waals surface area contributed by atoms with E-state index >= 15 is 0 Å². The maximum absolute atomic E-state index is 11.5. The largest absolute Gasteiger partial charge is 0.292 e. The number of nitrogens with zero attached hydrogens (tertiary/aromatic N) is 2. The van der Waals surface area contributed by atoms with Crippen LogP contribution in [0.25, 0.3) is 11.0 Å². The van der Waals surface area contributed by atoms with E-state index in [1.54, 1.807) is 18.3 Å². The Balaban J connectivity index is 2.46. The number of pyridine rings is 2. The van der Waals surface area contributed by atoms with Crippen LogP contribution in [0.3, 0.4) is 0 Å². The number of carbonyl (C=O) groups excluding carboxylic acids is 1. The number of rotatable bonds is 3. The van der Waals surface area contributed by atoms with Crippen LogP contribution in [0, 0.1) is 0 Å². The predicted octanol–water partition coefficient (Wildman–Crippen LogP) is 2.39. The Kier molecular flexibility index (Phi) is 2.54. The molecule has 0 aliphatic rings. The van der Waals surface area contributed by atoms with Gasteiger partial charge in [0.25, 0.3) is 0 Å². The van der Waals surface area contributed by atoms with Crippen LogP contribution in [0.2, 0.25) is 0 Å². The lowest BCUT2D eigenvalue weighted by Crippen LogP contribution is -2.00. The van der Waals surface area contributed by atoms with Gasteiger partial charge in [-0.1, -0.05) is 6.08 Å². The van der Waals surface area contributed by atoms with Gasteiger partial charge in [-0.2, -0.15) is 0 Å². The zero-order valence-electron chi connectivity index (χ0n) is 8.18. The zero-order valence-corrected chi connectivity index (χ0v) is 8.18. The molecule has 2 aromatic rings. The molecule has 0 aliphatic carbocycles. The van der Waals surface area contributed by atoms with E-state index in [1.165, 1.54) is 0 Å². The van der Waals surface area contributed by atoms with Crippen molar-refractivity contribution in [1.82, 2.24) is 9.97 Å². The minimum atomic E-state index is -0.0300. The van der Waals surface area contributed by atoms with Crippen molar-refractivity contribution in [3.63, 3.8) is 0 Å². The fourth-order valence-electron chi connectivity index (χ4n) is 1.34. The maximum Gasteiger partial charge on any atom is 0.184 e. The number of ketones is 1. The van der Waals surface area contributed by atoms with Crippen LogP contribution in [0.5, 0.6) is 0 Å².